The zero-order valence-electron chi connectivity index (χ0n) is 22.6. The third kappa shape index (κ3) is 30.3. The summed E-state index contributed by atoms with van der Waals surface area (Å²) in [6, 6.07) is 0. The van der Waals surface area contributed by atoms with E-state index in [4.69, 9.17) is 42.6 Å². The van der Waals surface area contributed by atoms with Crippen LogP contribution in [0.3, 0.4) is 0 Å². The smallest absolute Gasteiger partial charge is 0.332 e. The molecule has 12 heteroatoms. The molecule has 0 aromatic heterocycles. The summed E-state index contributed by atoms with van der Waals surface area (Å²) < 4.78 is 52.4. The molecule has 222 valence electrons. The second-order valence-electron chi connectivity index (χ2n) is 7.41. The van der Waals surface area contributed by atoms with E-state index in [-0.39, 0.29) is 13.4 Å². The summed E-state index contributed by atoms with van der Waals surface area (Å²) in [7, 11) is 0. The van der Waals surface area contributed by atoms with Crippen LogP contribution in [0.15, 0.2) is 25.3 Å². The average molecular weight is 551 g/mol. The van der Waals surface area contributed by atoms with Gasteiger partial charge in [0.15, 0.2) is 6.79 Å². The van der Waals surface area contributed by atoms with Crippen LogP contribution < -0.4 is 0 Å². The second kappa shape index (κ2) is 31.3. The number of ether oxygens (including phenoxy) is 10. The zero-order chi connectivity index (χ0) is 27.8. The predicted molar refractivity (Wildman–Crippen MR) is 138 cm³/mol. The average Bonchev–Trinajstić information content (AvgIpc) is 2.93. The Labute approximate surface area is 226 Å². The van der Waals surface area contributed by atoms with Gasteiger partial charge in [-0.15, -0.1) is 0 Å². The fourth-order valence-electron chi connectivity index (χ4n) is 2.48. The maximum atomic E-state index is 10.8. The summed E-state index contributed by atoms with van der Waals surface area (Å²) in [5.41, 5.74) is 0. The number of rotatable bonds is 31. The molecule has 0 atom stereocenters. The summed E-state index contributed by atoms with van der Waals surface area (Å²) in [5.74, 6) is -0.954. The molecule has 12 nitrogen and oxygen atoms in total. The van der Waals surface area contributed by atoms with Crippen LogP contribution >= 0.6 is 0 Å². The first-order valence-corrected chi connectivity index (χ1v) is 12.9. The van der Waals surface area contributed by atoms with Crippen LogP contribution in [0.1, 0.15) is 19.3 Å². The first-order valence-electron chi connectivity index (χ1n) is 12.9. The molecular formula is C26H46O12. The van der Waals surface area contributed by atoms with Gasteiger partial charge < -0.3 is 47.4 Å². The van der Waals surface area contributed by atoms with Crippen LogP contribution in [0.25, 0.3) is 0 Å². The molecule has 0 bridgehead atoms. The lowest BCUT2D eigenvalue weighted by Crippen LogP contribution is -2.15. The Morgan fingerprint density at radius 2 is 0.711 bits per heavy atom. The lowest BCUT2D eigenvalue weighted by atomic mass is 10.2. The molecule has 0 saturated heterocycles. The number of carbonyl (C=O) groups excluding carboxylic acids is 2. The van der Waals surface area contributed by atoms with Crippen LogP contribution in [-0.2, 0) is 57.0 Å². The fraction of sp³-hybridized carbons (Fsp3) is 0.769. The molecule has 0 spiro atoms. The van der Waals surface area contributed by atoms with E-state index >= 15 is 0 Å². The van der Waals surface area contributed by atoms with E-state index in [2.05, 4.69) is 17.9 Å². The Kier molecular flexibility index (Phi) is 29.8. The summed E-state index contributed by atoms with van der Waals surface area (Å²) >= 11 is 0. The standard InChI is InChI=1S/C26H46O12/c1-3-25(27)37-23-22-30-9-7-5-6-8-29-10-11-31-12-13-32-14-15-33-16-17-34-18-19-35-20-21-36-24-38-26(28)4-2/h3-4H,1-2,5-24H2. The highest BCUT2D eigenvalue weighted by Gasteiger charge is 1.98. The van der Waals surface area contributed by atoms with E-state index in [9.17, 15) is 9.59 Å². The summed E-state index contributed by atoms with van der Waals surface area (Å²) in [5, 5.41) is 0. The van der Waals surface area contributed by atoms with Crippen molar-refractivity contribution in [1.29, 1.82) is 0 Å². The van der Waals surface area contributed by atoms with Crippen molar-refractivity contribution in [2.24, 2.45) is 0 Å². The highest BCUT2D eigenvalue weighted by atomic mass is 16.7. The van der Waals surface area contributed by atoms with Crippen LogP contribution in [0.2, 0.25) is 0 Å². The van der Waals surface area contributed by atoms with E-state index < -0.39 is 11.9 Å². The van der Waals surface area contributed by atoms with E-state index in [1.807, 2.05) is 0 Å². The summed E-state index contributed by atoms with van der Waals surface area (Å²) in [6.45, 7) is 14.1. The van der Waals surface area contributed by atoms with E-state index in [0.717, 1.165) is 31.4 Å². The molecular weight excluding hydrogens is 504 g/mol. The molecule has 0 heterocycles. The van der Waals surface area contributed by atoms with Gasteiger partial charge in [-0.25, -0.2) is 9.59 Å². The molecule has 0 aromatic rings. The van der Waals surface area contributed by atoms with Gasteiger partial charge >= 0.3 is 11.9 Å². The molecule has 0 aliphatic carbocycles. The van der Waals surface area contributed by atoms with Crippen molar-refractivity contribution in [1.82, 2.24) is 0 Å². The zero-order valence-corrected chi connectivity index (χ0v) is 22.6. The monoisotopic (exact) mass is 550 g/mol. The van der Waals surface area contributed by atoms with Crippen molar-refractivity contribution in [2.45, 2.75) is 19.3 Å². The summed E-state index contributed by atoms with van der Waals surface area (Å²) in [6.07, 6.45) is 5.12. The van der Waals surface area contributed by atoms with Gasteiger partial charge in [-0.1, -0.05) is 13.2 Å². The van der Waals surface area contributed by atoms with Gasteiger partial charge in [0.1, 0.15) is 6.61 Å². The van der Waals surface area contributed by atoms with Crippen LogP contribution in [0.5, 0.6) is 0 Å². The Bertz CT molecular complexity index is 510. The number of hydrogen-bond donors (Lipinski definition) is 0. The van der Waals surface area contributed by atoms with Gasteiger partial charge in [0, 0.05) is 25.4 Å². The van der Waals surface area contributed by atoms with Gasteiger partial charge in [-0.2, -0.15) is 0 Å². The highest BCUT2D eigenvalue weighted by Crippen LogP contribution is 1.97. The van der Waals surface area contributed by atoms with Crippen molar-refractivity contribution < 1.29 is 57.0 Å². The highest BCUT2D eigenvalue weighted by molar-refractivity contribution is 5.81. The minimum Gasteiger partial charge on any atom is -0.460 e. The summed E-state index contributed by atoms with van der Waals surface area (Å²) in [4.78, 5) is 21.6. The lowest BCUT2D eigenvalue weighted by Gasteiger charge is -2.08. The normalized spacial score (nSPS) is 10.8. The Morgan fingerprint density at radius 1 is 0.395 bits per heavy atom. The molecule has 0 aromatic carbocycles. The SMILES string of the molecule is C=CC(=O)OCCOCCCCCOCCOCCOCCOCCOCCOCCOCOC(=O)C=C. The molecule has 0 aliphatic heterocycles. The first kappa shape index (κ1) is 36.1. The van der Waals surface area contributed by atoms with E-state index in [0.29, 0.717) is 99.1 Å². The number of carbonyl (C=O) groups is 2. The maximum absolute atomic E-state index is 10.8. The Morgan fingerprint density at radius 3 is 1.11 bits per heavy atom. The van der Waals surface area contributed by atoms with Crippen molar-refractivity contribution in [3.8, 4) is 0 Å². The molecule has 0 fully saturated rings. The molecule has 0 rings (SSSR count). The molecule has 0 radical (unpaired) electrons. The Balaban J connectivity index is 3.06. The second-order valence-corrected chi connectivity index (χ2v) is 7.41. The quantitative estimate of drug-likeness (QED) is 0.0540. The molecule has 0 amide bonds. The van der Waals surface area contributed by atoms with Crippen molar-refractivity contribution in [2.75, 3.05) is 113 Å². The van der Waals surface area contributed by atoms with Crippen LogP contribution in [-0.4, -0.2) is 124 Å². The number of hydrogen-bond acceptors (Lipinski definition) is 12. The minimum absolute atomic E-state index is 0.117. The van der Waals surface area contributed by atoms with Crippen molar-refractivity contribution >= 4 is 11.9 Å². The number of unbranched alkanes of at least 4 members (excludes halogenated alkanes) is 2. The topological polar surface area (TPSA) is 126 Å². The van der Waals surface area contributed by atoms with Gasteiger partial charge in [-0.05, 0) is 19.3 Å². The van der Waals surface area contributed by atoms with Crippen molar-refractivity contribution in [3.63, 3.8) is 0 Å². The van der Waals surface area contributed by atoms with Gasteiger partial charge in [0.2, 0.25) is 0 Å². The fourth-order valence-corrected chi connectivity index (χ4v) is 2.48. The van der Waals surface area contributed by atoms with Crippen molar-refractivity contribution in [3.05, 3.63) is 25.3 Å². The third-order valence-corrected chi connectivity index (χ3v) is 4.40. The molecule has 0 unspecified atom stereocenters. The predicted octanol–water partition coefficient (Wildman–Crippen LogP) is 1.71. The molecule has 38 heavy (non-hydrogen) atoms. The van der Waals surface area contributed by atoms with Gasteiger partial charge in [0.25, 0.3) is 0 Å². The van der Waals surface area contributed by atoms with Crippen LogP contribution in [0, 0.1) is 0 Å². The number of esters is 2. The van der Waals surface area contributed by atoms with Gasteiger partial charge in [0.05, 0.1) is 85.9 Å². The Hall–Kier alpha value is -1.90. The van der Waals surface area contributed by atoms with E-state index in [1.165, 1.54) is 0 Å². The minimum atomic E-state index is -0.522. The molecule has 0 N–H and O–H groups in total. The molecule has 0 aliphatic rings. The molecule has 0 saturated carbocycles. The van der Waals surface area contributed by atoms with Gasteiger partial charge in [-0.3, -0.25) is 0 Å². The first-order chi connectivity index (χ1) is 18.7. The largest absolute Gasteiger partial charge is 0.460 e. The van der Waals surface area contributed by atoms with Crippen LogP contribution in [0.4, 0.5) is 0 Å². The third-order valence-electron chi connectivity index (χ3n) is 4.40. The van der Waals surface area contributed by atoms with E-state index in [1.54, 1.807) is 0 Å². The lowest BCUT2D eigenvalue weighted by molar-refractivity contribution is -0.151. The maximum Gasteiger partial charge on any atom is 0.332 e.